The van der Waals surface area contributed by atoms with E-state index in [1.165, 1.54) is 0 Å². The summed E-state index contributed by atoms with van der Waals surface area (Å²) in [7, 11) is 1.65. The number of anilines is 2. The van der Waals surface area contributed by atoms with Crippen molar-refractivity contribution in [2.24, 2.45) is 0 Å². The summed E-state index contributed by atoms with van der Waals surface area (Å²) in [5.74, 6) is 1.64. The van der Waals surface area contributed by atoms with E-state index in [-0.39, 0.29) is 6.09 Å². The number of fused-ring (bicyclic) bond motifs is 1. The van der Waals surface area contributed by atoms with E-state index in [0.29, 0.717) is 6.54 Å². The van der Waals surface area contributed by atoms with Crippen LogP contribution >= 0.6 is 0 Å². The summed E-state index contributed by atoms with van der Waals surface area (Å²) in [5.41, 5.74) is 2.34. The van der Waals surface area contributed by atoms with Crippen molar-refractivity contribution in [1.29, 1.82) is 0 Å². The Morgan fingerprint density at radius 3 is 2.68 bits per heavy atom. The number of nitrogens with one attached hydrogen (secondary N) is 1. The minimum absolute atomic E-state index is 0.254. The lowest BCUT2D eigenvalue weighted by Crippen LogP contribution is -2.47. The first-order valence-corrected chi connectivity index (χ1v) is 9.50. The summed E-state index contributed by atoms with van der Waals surface area (Å²) in [6.07, 6.45) is 1.31. The van der Waals surface area contributed by atoms with Gasteiger partial charge in [-0.2, -0.15) is 0 Å². The van der Waals surface area contributed by atoms with Gasteiger partial charge in [0, 0.05) is 37.7 Å². The summed E-state index contributed by atoms with van der Waals surface area (Å²) in [4.78, 5) is 24.5. The van der Waals surface area contributed by atoms with Crippen molar-refractivity contribution >= 4 is 28.8 Å². The van der Waals surface area contributed by atoms with Crippen LogP contribution in [-0.2, 0) is 4.74 Å². The molecular weight excluding hydrogens is 356 g/mol. The van der Waals surface area contributed by atoms with E-state index in [0.717, 1.165) is 54.3 Å². The third-order valence-corrected chi connectivity index (χ3v) is 5.69. The van der Waals surface area contributed by atoms with Gasteiger partial charge in [-0.25, -0.2) is 9.78 Å². The van der Waals surface area contributed by atoms with Crippen molar-refractivity contribution in [3.63, 3.8) is 0 Å². The number of aromatic amines is 1. The number of nitrogens with zero attached hydrogens (tertiary/aromatic N) is 3. The SMILES string of the molecule is COc1ccc2[nH]c(N3CCC4(CC3)CN(c3ccccc3)C(=O)O4)nc2c1. The molecule has 3 aromatic rings. The first-order valence-electron chi connectivity index (χ1n) is 9.50. The van der Waals surface area contributed by atoms with E-state index in [1.807, 2.05) is 48.5 Å². The first kappa shape index (κ1) is 16.9. The van der Waals surface area contributed by atoms with Gasteiger partial charge in [0.15, 0.2) is 0 Å². The molecule has 7 heteroatoms. The Morgan fingerprint density at radius 2 is 1.93 bits per heavy atom. The number of benzene rings is 2. The first-order chi connectivity index (χ1) is 13.7. The van der Waals surface area contributed by atoms with Crippen molar-refractivity contribution in [2.45, 2.75) is 18.4 Å². The topological polar surface area (TPSA) is 70.7 Å². The number of rotatable bonds is 3. The third kappa shape index (κ3) is 2.83. The molecule has 144 valence electrons. The monoisotopic (exact) mass is 378 g/mol. The van der Waals surface area contributed by atoms with Crippen LogP contribution in [0, 0.1) is 0 Å². The zero-order valence-corrected chi connectivity index (χ0v) is 15.7. The van der Waals surface area contributed by atoms with Crippen LogP contribution in [0.4, 0.5) is 16.4 Å². The Labute approximate surface area is 162 Å². The fraction of sp³-hybridized carbons (Fsp3) is 0.333. The Morgan fingerprint density at radius 1 is 1.14 bits per heavy atom. The molecule has 3 heterocycles. The highest BCUT2D eigenvalue weighted by atomic mass is 16.6. The molecule has 1 aromatic heterocycles. The van der Waals surface area contributed by atoms with Gasteiger partial charge in [-0.05, 0) is 24.3 Å². The van der Waals surface area contributed by atoms with E-state index in [1.54, 1.807) is 12.0 Å². The van der Waals surface area contributed by atoms with Crippen LogP contribution in [0.2, 0.25) is 0 Å². The van der Waals surface area contributed by atoms with E-state index in [4.69, 9.17) is 14.5 Å². The molecule has 5 rings (SSSR count). The molecule has 2 aromatic carbocycles. The second-order valence-electron chi connectivity index (χ2n) is 7.40. The number of piperidine rings is 1. The van der Waals surface area contributed by atoms with Crippen LogP contribution in [-0.4, -0.2) is 48.4 Å². The minimum atomic E-state index is -0.418. The molecular formula is C21H22N4O3. The molecule has 7 nitrogen and oxygen atoms in total. The van der Waals surface area contributed by atoms with Crippen molar-refractivity contribution in [1.82, 2.24) is 9.97 Å². The van der Waals surface area contributed by atoms with Gasteiger partial charge in [0.1, 0.15) is 11.4 Å². The van der Waals surface area contributed by atoms with Gasteiger partial charge in [-0.3, -0.25) is 4.90 Å². The number of aromatic nitrogens is 2. The van der Waals surface area contributed by atoms with Crippen LogP contribution in [0.25, 0.3) is 11.0 Å². The molecule has 2 aliphatic heterocycles. The quantitative estimate of drug-likeness (QED) is 0.754. The highest BCUT2D eigenvalue weighted by molar-refractivity contribution is 5.90. The van der Waals surface area contributed by atoms with Gasteiger partial charge < -0.3 is 19.4 Å². The Balaban J connectivity index is 1.31. The summed E-state index contributed by atoms with van der Waals surface area (Å²) in [6, 6.07) is 15.5. The van der Waals surface area contributed by atoms with Gasteiger partial charge in [-0.15, -0.1) is 0 Å². The largest absolute Gasteiger partial charge is 0.497 e. The van der Waals surface area contributed by atoms with E-state index < -0.39 is 5.60 Å². The fourth-order valence-electron chi connectivity index (χ4n) is 4.07. The molecule has 0 bridgehead atoms. The van der Waals surface area contributed by atoms with Crippen molar-refractivity contribution in [3.05, 3.63) is 48.5 Å². The summed E-state index contributed by atoms with van der Waals surface area (Å²) < 4.78 is 11.1. The highest BCUT2D eigenvalue weighted by Gasteiger charge is 2.47. The molecule has 1 N–H and O–H groups in total. The van der Waals surface area contributed by atoms with E-state index in [2.05, 4.69) is 9.88 Å². The number of imidazole rings is 1. The predicted molar refractivity (Wildman–Crippen MR) is 107 cm³/mol. The van der Waals surface area contributed by atoms with Gasteiger partial charge >= 0.3 is 6.09 Å². The van der Waals surface area contributed by atoms with Crippen LogP contribution in [0.1, 0.15) is 12.8 Å². The number of hydrogen-bond donors (Lipinski definition) is 1. The lowest BCUT2D eigenvalue weighted by Gasteiger charge is -2.37. The number of H-pyrrole nitrogens is 1. The normalized spacial score (nSPS) is 18.7. The van der Waals surface area contributed by atoms with Crippen LogP contribution < -0.4 is 14.5 Å². The van der Waals surface area contributed by atoms with Gasteiger partial charge in [0.2, 0.25) is 5.95 Å². The van der Waals surface area contributed by atoms with Gasteiger partial charge in [-0.1, -0.05) is 18.2 Å². The number of hydrogen-bond acceptors (Lipinski definition) is 5. The smallest absolute Gasteiger partial charge is 0.415 e. The van der Waals surface area contributed by atoms with Crippen LogP contribution in [0.5, 0.6) is 5.75 Å². The fourth-order valence-corrected chi connectivity index (χ4v) is 4.07. The molecule has 28 heavy (non-hydrogen) atoms. The third-order valence-electron chi connectivity index (χ3n) is 5.69. The molecule has 2 fully saturated rings. The zero-order chi connectivity index (χ0) is 19.1. The Hall–Kier alpha value is -3.22. The number of carbonyl (C=O) groups excluding carboxylic acids is 1. The molecule has 1 amide bonds. The minimum Gasteiger partial charge on any atom is -0.497 e. The lowest BCUT2D eigenvalue weighted by atomic mass is 9.91. The maximum absolute atomic E-state index is 12.4. The number of para-hydroxylation sites is 1. The van der Waals surface area contributed by atoms with Gasteiger partial charge in [0.25, 0.3) is 0 Å². The Bertz CT molecular complexity index is 1010. The predicted octanol–water partition coefficient (Wildman–Crippen LogP) is 3.57. The molecule has 0 unspecified atom stereocenters. The number of amides is 1. The highest BCUT2D eigenvalue weighted by Crippen LogP contribution is 2.36. The summed E-state index contributed by atoms with van der Waals surface area (Å²) in [6.45, 7) is 2.17. The second kappa shape index (κ2) is 6.44. The lowest BCUT2D eigenvalue weighted by molar-refractivity contribution is 0.0365. The number of ether oxygens (including phenoxy) is 2. The number of methoxy groups -OCH3 is 1. The zero-order valence-electron chi connectivity index (χ0n) is 15.7. The average Bonchev–Trinajstić information content (AvgIpc) is 3.29. The van der Waals surface area contributed by atoms with E-state index >= 15 is 0 Å². The maximum atomic E-state index is 12.4. The Kier molecular flexibility index (Phi) is 3.89. The van der Waals surface area contributed by atoms with Crippen LogP contribution in [0.15, 0.2) is 48.5 Å². The molecule has 0 atom stereocenters. The number of carbonyl (C=O) groups is 1. The second-order valence-corrected chi connectivity index (χ2v) is 7.40. The molecule has 0 radical (unpaired) electrons. The average molecular weight is 378 g/mol. The summed E-state index contributed by atoms with van der Waals surface area (Å²) in [5, 5.41) is 0. The van der Waals surface area contributed by atoms with Crippen molar-refractivity contribution in [2.75, 3.05) is 36.5 Å². The van der Waals surface area contributed by atoms with Crippen molar-refractivity contribution in [3.8, 4) is 5.75 Å². The summed E-state index contributed by atoms with van der Waals surface area (Å²) >= 11 is 0. The van der Waals surface area contributed by atoms with Gasteiger partial charge in [0.05, 0.1) is 24.7 Å². The molecule has 2 aliphatic rings. The maximum Gasteiger partial charge on any atom is 0.415 e. The van der Waals surface area contributed by atoms with Crippen molar-refractivity contribution < 1.29 is 14.3 Å². The standard InChI is InChI=1S/C21H22N4O3/c1-27-16-7-8-17-18(13-16)23-19(22-17)24-11-9-21(10-12-24)14-25(20(26)28-21)15-5-3-2-4-6-15/h2-8,13H,9-12,14H2,1H3,(H,22,23). The van der Waals surface area contributed by atoms with Crippen LogP contribution in [0.3, 0.4) is 0 Å². The molecule has 2 saturated heterocycles. The molecule has 1 spiro atoms. The van der Waals surface area contributed by atoms with E-state index in [9.17, 15) is 4.79 Å². The molecule has 0 aliphatic carbocycles. The molecule has 0 saturated carbocycles.